The van der Waals surface area contributed by atoms with E-state index in [1.165, 1.54) is 22.3 Å². The lowest BCUT2D eigenvalue weighted by atomic mass is 9.86. The maximum atomic E-state index is 6.99. The summed E-state index contributed by atoms with van der Waals surface area (Å²) in [4.78, 5) is 4.73. The quantitative estimate of drug-likeness (QED) is 0.151. The lowest BCUT2D eigenvalue weighted by Crippen LogP contribution is -2.11. The fourth-order valence-electron chi connectivity index (χ4n) is 13.4. The SMILES string of the molecule is Cc1c2oc3cc4cc(N(c5ccc(C(C)C)cc5)c5ccc6oc7c(C(C)(C)C)cccc7c6c5)ccc4cc3c2c(C)c2c1oc1cc3cc(N(c4ccc(C(C)C)cc4)c4ccc5oc6c(C(C)(C)C)cccc6c5c4)ccc3cc12. The number of nitrogens with zero attached hydrogens (tertiary/aromatic N) is 2. The number of rotatable bonds is 8. The standard InChI is InChI=1S/C78H68N2O4/c1-43(2)47-19-25-53(26-20-47)79(57-31-33-67-61(41-57)59-15-13-17-65(75(59)81-67)77(7,8)9)55-29-23-49-37-63-69(39-51(49)35-55)83-73-46(6)74-72(45(5)71(63)73)64-38-50-24-30-56(36-52(50)40-70(64)84-74)80(54-27-21-48(22-28-54)44(3)4)58-32-34-68-62(42-58)60-16-14-18-66(76(60)82-68)78(10,11)12/h13-44H,1-12H3. The molecule has 0 fully saturated rings. The van der Waals surface area contributed by atoms with Crippen molar-refractivity contribution in [1.82, 2.24) is 0 Å². The van der Waals surface area contributed by atoms with Gasteiger partial charge in [0.1, 0.15) is 44.7 Å². The molecule has 15 aromatic rings. The monoisotopic (exact) mass is 1100 g/mol. The van der Waals surface area contributed by atoms with E-state index in [2.05, 4.69) is 275 Å². The molecule has 6 nitrogen and oxygen atoms in total. The predicted octanol–water partition coefficient (Wildman–Crippen LogP) is 24.0. The second-order valence-electron chi connectivity index (χ2n) is 26.2. The maximum Gasteiger partial charge on any atom is 0.142 e. The average Bonchev–Trinajstić information content (AvgIpc) is 4.26. The highest BCUT2D eigenvalue weighted by Crippen LogP contribution is 2.48. The number of hydrogen-bond donors (Lipinski definition) is 0. The van der Waals surface area contributed by atoms with Crippen molar-refractivity contribution in [1.29, 1.82) is 0 Å². The van der Waals surface area contributed by atoms with E-state index >= 15 is 0 Å². The van der Waals surface area contributed by atoms with Gasteiger partial charge in [-0.25, -0.2) is 0 Å². The van der Waals surface area contributed by atoms with Crippen LogP contribution in [0.15, 0.2) is 200 Å². The van der Waals surface area contributed by atoms with E-state index in [4.69, 9.17) is 17.7 Å². The number of fused-ring (bicyclic) bond motifs is 14. The Bertz CT molecular complexity index is 4860. The van der Waals surface area contributed by atoms with Crippen molar-refractivity contribution in [3.8, 4) is 0 Å². The van der Waals surface area contributed by atoms with Crippen LogP contribution in [0.2, 0.25) is 0 Å². The summed E-state index contributed by atoms with van der Waals surface area (Å²) in [6.07, 6.45) is 0. The van der Waals surface area contributed by atoms with Crippen molar-refractivity contribution in [2.75, 3.05) is 9.80 Å². The lowest BCUT2D eigenvalue weighted by Gasteiger charge is -2.26. The molecule has 0 aliphatic carbocycles. The Kier molecular flexibility index (Phi) is 11.4. The van der Waals surface area contributed by atoms with Gasteiger partial charge in [0, 0.05) is 93.9 Å². The van der Waals surface area contributed by atoms with Crippen LogP contribution in [-0.4, -0.2) is 0 Å². The van der Waals surface area contributed by atoms with Crippen molar-refractivity contribution in [2.45, 2.75) is 106 Å². The summed E-state index contributed by atoms with van der Waals surface area (Å²) in [5.41, 5.74) is 20.5. The van der Waals surface area contributed by atoms with Gasteiger partial charge in [-0.2, -0.15) is 0 Å². The van der Waals surface area contributed by atoms with Crippen LogP contribution >= 0.6 is 0 Å². The largest absolute Gasteiger partial charge is 0.456 e. The fraction of sp³-hybridized carbons (Fsp3) is 0.205. The molecule has 0 aliphatic heterocycles. The Labute approximate surface area is 489 Å². The number of benzene rings is 11. The molecule has 0 amide bonds. The van der Waals surface area contributed by atoms with Gasteiger partial charge >= 0.3 is 0 Å². The second kappa shape index (κ2) is 18.6. The van der Waals surface area contributed by atoms with Crippen molar-refractivity contribution < 1.29 is 17.7 Å². The molecule has 0 unspecified atom stereocenters. The van der Waals surface area contributed by atoms with Crippen molar-refractivity contribution >= 4 is 143 Å². The summed E-state index contributed by atoms with van der Waals surface area (Å²) in [5, 5.41) is 13.4. The van der Waals surface area contributed by atoms with Crippen molar-refractivity contribution in [3.63, 3.8) is 0 Å². The molecule has 11 aromatic carbocycles. The predicted molar refractivity (Wildman–Crippen MR) is 355 cm³/mol. The first-order valence-corrected chi connectivity index (χ1v) is 29.8. The molecule has 15 rings (SSSR count). The zero-order chi connectivity index (χ0) is 57.8. The highest BCUT2D eigenvalue weighted by molar-refractivity contribution is 6.22. The fourth-order valence-corrected chi connectivity index (χ4v) is 13.4. The molecule has 0 spiro atoms. The molecule has 6 heteroatoms. The summed E-state index contributed by atoms with van der Waals surface area (Å²) in [6, 6.07) is 67.0. The molecule has 0 atom stereocenters. The topological polar surface area (TPSA) is 59.0 Å². The Morgan fingerprint density at radius 2 is 0.679 bits per heavy atom. The molecule has 84 heavy (non-hydrogen) atoms. The summed E-state index contributed by atoms with van der Waals surface area (Å²) in [6.45, 7) is 26.8. The molecule has 0 saturated carbocycles. The number of anilines is 6. The van der Waals surface area contributed by atoms with E-state index in [0.29, 0.717) is 11.8 Å². The van der Waals surface area contributed by atoms with Gasteiger partial charge in [0.25, 0.3) is 0 Å². The van der Waals surface area contributed by atoms with Gasteiger partial charge in [0.2, 0.25) is 0 Å². The molecule has 0 radical (unpaired) electrons. The van der Waals surface area contributed by atoms with Crippen LogP contribution in [0.4, 0.5) is 34.1 Å². The number of furan rings is 4. The smallest absolute Gasteiger partial charge is 0.142 e. The number of aryl methyl sites for hydroxylation is 2. The van der Waals surface area contributed by atoms with Gasteiger partial charge in [-0.15, -0.1) is 0 Å². The molecule has 0 N–H and O–H groups in total. The Morgan fingerprint density at radius 3 is 1.07 bits per heavy atom. The first-order chi connectivity index (χ1) is 40.3. The minimum Gasteiger partial charge on any atom is -0.456 e. The highest BCUT2D eigenvalue weighted by atomic mass is 16.3. The summed E-state index contributed by atoms with van der Waals surface area (Å²) < 4.78 is 27.2. The van der Waals surface area contributed by atoms with Crippen molar-refractivity contribution in [3.05, 3.63) is 215 Å². The first kappa shape index (κ1) is 51.6. The third-order valence-electron chi connectivity index (χ3n) is 17.9. The van der Waals surface area contributed by atoms with Crippen LogP contribution < -0.4 is 9.80 Å². The molecule has 0 saturated heterocycles. The Hall–Kier alpha value is -9.26. The van der Waals surface area contributed by atoms with Gasteiger partial charge in [-0.05, 0) is 184 Å². The lowest BCUT2D eigenvalue weighted by molar-refractivity contribution is 0.572. The summed E-state index contributed by atoms with van der Waals surface area (Å²) in [7, 11) is 0. The van der Waals surface area contributed by atoms with Gasteiger partial charge in [-0.1, -0.05) is 142 Å². The maximum absolute atomic E-state index is 6.99. The second-order valence-corrected chi connectivity index (χ2v) is 26.2. The summed E-state index contributed by atoms with van der Waals surface area (Å²) >= 11 is 0. The zero-order valence-corrected chi connectivity index (χ0v) is 50.0. The third kappa shape index (κ3) is 8.12. The third-order valence-corrected chi connectivity index (χ3v) is 17.9. The van der Waals surface area contributed by atoms with Crippen LogP contribution in [0, 0.1) is 13.8 Å². The average molecular weight is 1100 g/mol. The molecular weight excluding hydrogens is 1030 g/mol. The highest BCUT2D eigenvalue weighted by Gasteiger charge is 2.27. The number of para-hydroxylation sites is 2. The first-order valence-electron chi connectivity index (χ1n) is 29.8. The van der Waals surface area contributed by atoms with Crippen LogP contribution in [-0.2, 0) is 10.8 Å². The Morgan fingerprint density at radius 1 is 0.310 bits per heavy atom. The van der Waals surface area contributed by atoms with Gasteiger partial charge in [0.05, 0.1) is 0 Å². The molecule has 0 aliphatic rings. The molecule has 4 aromatic heterocycles. The summed E-state index contributed by atoms with van der Waals surface area (Å²) in [5.74, 6) is 0.844. The van der Waals surface area contributed by atoms with E-state index < -0.39 is 0 Å². The molecule has 414 valence electrons. The van der Waals surface area contributed by atoms with E-state index in [1.54, 1.807) is 0 Å². The molecule has 4 heterocycles. The van der Waals surface area contributed by atoms with Crippen molar-refractivity contribution in [2.24, 2.45) is 0 Å². The van der Waals surface area contributed by atoms with Crippen LogP contribution in [0.3, 0.4) is 0 Å². The van der Waals surface area contributed by atoms with Gasteiger partial charge in [-0.3, -0.25) is 0 Å². The van der Waals surface area contributed by atoms with Gasteiger partial charge < -0.3 is 27.5 Å². The zero-order valence-electron chi connectivity index (χ0n) is 50.0. The van der Waals surface area contributed by atoms with Crippen LogP contribution in [0.1, 0.15) is 114 Å². The minimum atomic E-state index is -0.0607. The van der Waals surface area contributed by atoms with E-state index in [0.717, 1.165) is 155 Å². The Balaban J connectivity index is 0.833. The number of hydrogen-bond acceptors (Lipinski definition) is 6. The minimum absolute atomic E-state index is 0.0607. The van der Waals surface area contributed by atoms with E-state index in [1.807, 2.05) is 0 Å². The van der Waals surface area contributed by atoms with E-state index in [9.17, 15) is 0 Å². The molecule has 0 bridgehead atoms. The molecular formula is C78H68N2O4. The van der Waals surface area contributed by atoms with Gasteiger partial charge in [0.15, 0.2) is 0 Å². The van der Waals surface area contributed by atoms with E-state index in [-0.39, 0.29) is 10.8 Å². The van der Waals surface area contributed by atoms with Crippen LogP contribution in [0.5, 0.6) is 0 Å². The normalized spacial score (nSPS) is 12.7. The van der Waals surface area contributed by atoms with Crippen LogP contribution in [0.25, 0.3) is 109 Å².